The molecule has 0 aromatic heterocycles. The highest BCUT2D eigenvalue weighted by molar-refractivity contribution is 5.90. The zero-order chi connectivity index (χ0) is 19.5. The largest absolute Gasteiger partial charge is 0.341 e. The van der Waals surface area contributed by atoms with Crippen molar-refractivity contribution in [3.63, 3.8) is 0 Å². The van der Waals surface area contributed by atoms with Gasteiger partial charge in [-0.05, 0) is 33.1 Å². The van der Waals surface area contributed by atoms with Crippen molar-refractivity contribution in [2.24, 2.45) is 5.92 Å². The molecule has 1 fully saturated rings. The van der Waals surface area contributed by atoms with Crippen LogP contribution in [0.3, 0.4) is 0 Å². The highest BCUT2D eigenvalue weighted by Gasteiger charge is 2.37. The molecule has 0 radical (unpaired) electrons. The summed E-state index contributed by atoms with van der Waals surface area (Å²) < 4.78 is 0. The Bertz CT molecular complexity index is 468. The molecule has 26 heavy (non-hydrogen) atoms. The monoisotopic (exact) mass is 370 g/mol. The van der Waals surface area contributed by atoms with Crippen LogP contribution in [0.1, 0.15) is 65.7 Å². The third-order valence-electron chi connectivity index (χ3n) is 4.91. The van der Waals surface area contributed by atoms with Crippen molar-refractivity contribution in [1.82, 2.24) is 20.8 Å². The second kappa shape index (κ2) is 11.9. The van der Waals surface area contributed by atoms with Crippen molar-refractivity contribution in [3.8, 4) is 0 Å². The molecule has 8 nitrogen and oxygen atoms in total. The Hall–Kier alpha value is -1.67. The molecule has 8 heteroatoms. The molecule has 0 spiro atoms. The molecular weight excluding hydrogens is 336 g/mol. The number of amides is 3. The first kappa shape index (κ1) is 22.4. The summed E-state index contributed by atoms with van der Waals surface area (Å²) in [6.45, 7) is 7.73. The third kappa shape index (κ3) is 6.25. The summed E-state index contributed by atoms with van der Waals surface area (Å²) in [5, 5.41) is 10.3. The molecule has 0 unspecified atom stereocenters. The predicted octanol–water partition coefficient (Wildman–Crippen LogP) is 1.44. The molecular formula is C18H34N4O4. The van der Waals surface area contributed by atoms with E-state index >= 15 is 0 Å². The zero-order valence-electron chi connectivity index (χ0n) is 16.3. The van der Waals surface area contributed by atoms with E-state index in [0.717, 1.165) is 25.7 Å². The molecule has 150 valence electrons. The minimum Gasteiger partial charge on any atom is -0.341 e. The number of rotatable bonds is 10. The van der Waals surface area contributed by atoms with Gasteiger partial charge < -0.3 is 4.90 Å². The highest BCUT2D eigenvalue weighted by Crippen LogP contribution is 2.21. The van der Waals surface area contributed by atoms with Gasteiger partial charge in [-0.2, -0.15) is 0 Å². The molecule has 1 saturated heterocycles. The number of carbonyl (C=O) groups excluding carboxylic acids is 3. The van der Waals surface area contributed by atoms with Crippen LogP contribution in [0.15, 0.2) is 0 Å². The average Bonchev–Trinajstić information content (AvgIpc) is 2.67. The van der Waals surface area contributed by atoms with Crippen molar-refractivity contribution in [2.45, 2.75) is 71.8 Å². The van der Waals surface area contributed by atoms with E-state index in [2.05, 4.69) is 12.3 Å². The minimum absolute atomic E-state index is 0.0607. The van der Waals surface area contributed by atoms with Gasteiger partial charge >= 0.3 is 0 Å². The maximum absolute atomic E-state index is 13.1. The summed E-state index contributed by atoms with van der Waals surface area (Å²) in [7, 11) is 0. The van der Waals surface area contributed by atoms with Crippen LogP contribution in [-0.4, -0.2) is 58.5 Å². The van der Waals surface area contributed by atoms with Crippen LogP contribution >= 0.6 is 0 Å². The standard InChI is InChI=1S/C18H34N4O4/c1-4-7-8-10-14(13-16(23)20-26)17(24)22-15(11-9-12-19-22)18(25)21(5-2)6-3/h14-15,19,26H,4-13H2,1-3H3,(H,20,23)/t14-,15+/m1/s1. The van der Waals surface area contributed by atoms with Crippen LogP contribution < -0.4 is 10.9 Å². The number of likely N-dealkylation sites (N-methyl/N-ethyl adjacent to an activating group) is 1. The lowest BCUT2D eigenvalue weighted by atomic mass is 9.94. The normalized spacial score (nSPS) is 18.3. The Morgan fingerprint density at radius 1 is 1.23 bits per heavy atom. The highest BCUT2D eigenvalue weighted by atomic mass is 16.5. The van der Waals surface area contributed by atoms with E-state index in [1.165, 1.54) is 5.01 Å². The van der Waals surface area contributed by atoms with Gasteiger partial charge in [0.25, 0.3) is 0 Å². The first-order valence-corrected chi connectivity index (χ1v) is 9.78. The van der Waals surface area contributed by atoms with Crippen LogP contribution in [0.2, 0.25) is 0 Å². The van der Waals surface area contributed by atoms with Crippen molar-refractivity contribution in [2.75, 3.05) is 19.6 Å². The first-order chi connectivity index (χ1) is 12.5. The van der Waals surface area contributed by atoms with Crippen molar-refractivity contribution < 1.29 is 19.6 Å². The molecule has 0 saturated carbocycles. The van der Waals surface area contributed by atoms with Crippen LogP contribution in [0.5, 0.6) is 0 Å². The Balaban J connectivity index is 2.92. The molecule has 1 aliphatic heterocycles. The van der Waals surface area contributed by atoms with E-state index in [4.69, 9.17) is 5.21 Å². The lowest BCUT2D eigenvalue weighted by Gasteiger charge is -2.39. The Kier molecular flexibility index (Phi) is 10.2. The van der Waals surface area contributed by atoms with E-state index in [1.54, 1.807) is 10.4 Å². The first-order valence-electron chi connectivity index (χ1n) is 9.78. The molecule has 3 amide bonds. The predicted molar refractivity (Wildman–Crippen MR) is 98.0 cm³/mol. The van der Waals surface area contributed by atoms with Crippen molar-refractivity contribution in [3.05, 3.63) is 0 Å². The summed E-state index contributed by atoms with van der Waals surface area (Å²) in [5.74, 6) is -1.43. The summed E-state index contributed by atoms with van der Waals surface area (Å²) in [4.78, 5) is 39.3. The molecule has 1 heterocycles. The van der Waals surface area contributed by atoms with Crippen LogP contribution in [0, 0.1) is 5.92 Å². The lowest BCUT2D eigenvalue weighted by Crippen LogP contribution is -2.60. The number of hydrogen-bond acceptors (Lipinski definition) is 5. The SMILES string of the molecule is CCCCC[C@H](CC(=O)NO)C(=O)N1NCCC[C@H]1C(=O)N(CC)CC. The van der Waals surface area contributed by atoms with Gasteiger partial charge in [0.15, 0.2) is 0 Å². The number of hydroxylamine groups is 1. The Morgan fingerprint density at radius 3 is 2.50 bits per heavy atom. The van der Waals surface area contributed by atoms with Gasteiger partial charge in [0.05, 0.1) is 0 Å². The van der Waals surface area contributed by atoms with Crippen molar-refractivity contribution >= 4 is 17.7 Å². The van der Waals surface area contributed by atoms with E-state index in [-0.39, 0.29) is 18.2 Å². The van der Waals surface area contributed by atoms with E-state index in [9.17, 15) is 14.4 Å². The average molecular weight is 370 g/mol. The summed E-state index contributed by atoms with van der Waals surface area (Å²) in [5.41, 5.74) is 4.67. The second-order valence-corrected chi connectivity index (χ2v) is 6.72. The number of carbonyl (C=O) groups is 3. The lowest BCUT2D eigenvalue weighted by molar-refractivity contribution is -0.155. The topological polar surface area (TPSA) is 102 Å². The van der Waals surface area contributed by atoms with Crippen molar-refractivity contribution in [1.29, 1.82) is 0 Å². The van der Waals surface area contributed by atoms with Gasteiger partial charge in [-0.25, -0.2) is 10.9 Å². The fourth-order valence-corrected chi connectivity index (χ4v) is 3.37. The van der Waals surface area contributed by atoms with Gasteiger partial charge in [0.2, 0.25) is 17.7 Å². The minimum atomic E-state index is -0.580. The number of nitrogens with zero attached hydrogens (tertiary/aromatic N) is 2. The van der Waals surface area contributed by atoms with Gasteiger partial charge in [0, 0.05) is 32.0 Å². The maximum Gasteiger partial charge on any atom is 0.246 e. The smallest absolute Gasteiger partial charge is 0.246 e. The third-order valence-corrected chi connectivity index (χ3v) is 4.91. The molecule has 2 atom stereocenters. The molecule has 0 aliphatic carbocycles. The van der Waals surface area contributed by atoms with Gasteiger partial charge in [-0.1, -0.05) is 26.2 Å². The van der Waals surface area contributed by atoms with Crippen LogP contribution in [-0.2, 0) is 14.4 Å². The van der Waals surface area contributed by atoms with Gasteiger partial charge in [-0.15, -0.1) is 0 Å². The maximum atomic E-state index is 13.1. The summed E-state index contributed by atoms with van der Waals surface area (Å²) >= 11 is 0. The molecule has 0 aromatic rings. The Morgan fingerprint density at radius 2 is 1.92 bits per heavy atom. The fourth-order valence-electron chi connectivity index (χ4n) is 3.37. The number of nitrogens with one attached hydrogen (secondary N) is 2. The quantitative estimate of drug-likeness (QED) is 0.307. The summed E-state index contributed by atoms with van der Waals surface area (Å²) in [6, 6.07) is -0.540. The second-order valence-electron chi connectivity index (χ2n) is 6.72. The number of unbranched alkanes of at least 4 members (excludes halogenated alkanes) is 2. The van der Waals surface area contributed by atoms with Gasteiger partial charge in [0.1, 0.15) is 6.04 Å². The summed E-state index contributed by atoms with van der Waals surface area (Å²) in [6.07, 6.45) is 4.72. The van der Waals surface area contributed by atoms with Gasteiger partial charge in [-0.3, -0.25) is 24.6 Å². The fraction of sp³-hybridized carbons (Fsp3) is 0.833. The number of hydrazine groups is 1. The molecule has 0 bridgehead atoms. The zero-order valence-corrected chi connectivity index (χ0v) is 16.3. The van der Waals surface area contributed by atoms with E-state index < -0.39 is 17.9 Å². The van der Waals surface area contributed by atoms with Crippen LogP contribution in [0.4, 0.5) is 0 Å². The molecule has 1 rings (SSSR count). The van der Waals surface area contributed by atoms with Crippen LogP contribution in [0.25, 0.3) is 0 Å². The molecule has 1 aliphatic rings. The Labute approximate surface area is 156 Å². The van der Waals surface area contributed by atoms with E-state index in [0.29, 0.717) is 32.5 Å². The molecule has 3 N–H and O–H groups in total. The molecule has 0 aromatic carbocycles. The number of hydrogen-bond donors (Lipinski definition) is 3. The van der Waals surface area contributed by atoms with E-state index in [1.807, 2.05) is 13.8 Å².